The van der Waals surface area contributed by atoms with E-state index in [2.05, 4.69) is 15.4 Å². The van der Waals surface area contributed by atoms with Crippen LogP contribution >= 0.6 is 11.8 Å². The van der Waals surface area contributed by atoms with E-state index in [0.717, 1.165) is 5.39 Å². The number of aromatic nitrogens is 3. The van der Waals surface area contributed by atoms with Gasteiger partial charge in [0.05, 0.1) is 35.3 Å². The topological polar surface area (TPSA) is 118 Å². The molecule has 0 unspecified atom stereocenters. The molecule has 1 saturated heterocycles. The number of ether oxygens (including phenoxy) is 2. The van der Waals surface area contributed by atoms with Crippen molar-refractivity contribution >= 4 is 34.4 Å². The third-order valence-electron chi connectivity index (χ3n) is 6.26. The van der Waals surface area contributed by atoms with Crippen LogP contribution in [0.4, 0.5) is 5.82 Å². The second kappa shape index (κ2) is 8.11. The van der Waals surface area contributed by atoms with Gasteiger partial charge in [-0.2, -0.15) is 0 Å². The second-order valence-corrected chi connectivity index (χ2v) is 10.2. The number of thioether (sulfide) groups is 1. The number of aromatic amines is 2. The Morgan fingerprint density at radius 2 is 2.00 bits per heavy atom. The summed E-state index contributed by atoms with van der Waals surface area (Å²) in [5.74, 6) is 1.03. The Labute approximate surface area is 193 Å². The zero-order chi connectivity index (χ0) is 23.3. The summed E-state index contributed by atoms with van der Waals surface area (Å²) >= 11 is 1.27. The summed E-state index contributed by atoms with van der Waals surface area (Å²) in [6.07, 6.45) is 1.40. The number of methoxy groups -OCH3 is 1. The summed E-state index contributed by atoms with van der Waals surface area (Å²) in [5.41, 5.74) is 0.559. The van der Waals surface area contributed by atoms with Crippen LogP contribution in [-0.2, 0) is 9.53 Å². The average Bonchev–Trinajstić information content (AvgIpc) is 2.98. The Morgan fingerprint density at radius 1 is 1.18 bits per heavy atom. The van der Waals surface area contributed by atoms with E-state index >= 15 is 0 Å². The molecule has 33 heavy (non-hydrogen) atoms. The normalized spacial score (nSPS) is 22.5. The third kappa shape index (κ3) is 3.97. The number of hydrogen-bond donors (Lipinski definition) is 3. The van der Waals surface area contributed by atoms with E-state index in [1.807, 2.05) is 19.9 Å². The fourth-order valence-corrected chi connectivity index (χ4v) is 5.84. The van der Waals surface area contributed by atoms with Gasteiger partial charge in [-0.3, -0.25) is 24.2 Å². The van der Waals surface area contributed by atoms with Gasteiger partial charge in [-0.25, -0.2) is 0 Å². The fraction of sp³-hybridized carbons (Fsp3) is 0.435. The minimum Gasteiger partial charge on any atom is -0.497 e. The molecule has 3 N–H and O–H groups in total. The summed E-state index contributed by atoms with van der Waals surface area (Å²) in [7, 11) is 1.58. The van der Waals surface area contributed by atoms with Gasteiger partial charge in [-0.05, 0) is 51.0 Å². The molecular formula is C23H26N4O5S. The van der Waals surface area contributed by atoms with Crippen LogP contribution in [0.5, 0.6) is 5.75 Å². The highest BCUT2D eigenvalue weighted by Gasteiger charge is 2.36. The zero-order valence-electron chi connectivity index (χ0n) is 18.7. The van der Waals surface area contributed by atoms with Crippen molar-refractivity contribution in [2.75, 3.05) is 24.8 Å². The summed E-state index contributed by atoms with van der Waals surface area (Å²) in [4.78, 5) is 41.7. The highest BCUT2D eigenvalue weighted by Crippen LogP contribution is 2.41. The standard InChI is InChI=1S/C23H26N4O5S/c1-23(2)10-13(6-7-32-23)27-20-18(22(30)26-27)19(33-11-17(28)25-20)15-9-12-8-14(31-3)4-5-16(12)24-21(15)29/h4-5,8-9,13,19H,6-7,10-11H2,1-3H3,(H,24,29)(H,25,28)(H,26,30)/t13-,19+/m1/s1. The van der Waals surface area contributed by atoms with E-state index in [4.69, 9.17) is 9.47 Å². The van der Waals surface area contributed by atoms with Crippen LogP contribution in [0.1, 0.15) is 49.1 Å². The molecule has 2 aromatic heterocycles. The van der Waals surface area contributed by atoms with E-state index in [1.165, 1.54) is 11.8 Å². The number of pyridine rings is 1. The van der Waals surface area contributed by atoms with Crippen molar-refractivity contribution < 1.29 is 14.3 Å². The Hall–Kier alpha value is -2.98. The predicted molar refractivity (Wildman–Crippen MR) is 127 cm³/mol. The molecule has 1 amide bonds. The first-order valence-electron chi connectivity index (χ1n) is 10.9. The number of fused-ring (bicyclic) bond motifs is 2. The van der Waals surface area contributed by atoms with Crippen LogP contribution in [0.3, 0.4) is 0 Å². The lowest BCUT2D eigenvalue weighted by Crippen LogP contribution is -2.36. The number of amides is 1. The van der Waals surface area contributed by atoms with Crippen molar-refractivity contribution in [3.8, 4) is 5.75 Å². The molecule has 0 radical (unpaired) electrons. The summed E-state index contributed by atoms with van der Waals surface area (Å²) < 4.78 is 12.9. The highest BCUT2D eigenvalue weighted by atomic mass is 32.2. The molecule has 1 fully saturated rings. The quantitative estimate of drug-likeness (QED) is 0.542. The van der Waals surface area contributed by atoms with Crippen LogP contribution in [0.2, 0.25) is 0 Å². The molecule has 2 atom stereocenters. The van der Waals surface area contributed by atoms with E-state index in [-0.39, 0.29) is 34.4 Å². The lowest BCUT2D eigenvalue weighted by atomic mass is 9.94. The number of hydrogen-bond acceptors (Lipinski definition) is 6. The van der Waals surface area contributed by atoms with E-state index in [0.29, 0.717) is 47.7 Å². The van der Waals surface area contributed by atoms with Crippen molar-refractivity contribution in [1.29, 1.82) is 0 Å². The monoisotopic (exact) mass is 470 g/mol. The molecule has 5 rings (SSSR count). The third-order valence-corrected chi connectivity index (χ3v) is 7.51. The van der Waals surface area contributed by atoms with Crippen LogP contribution in [0.15, 0.2) is 33.9 Å². The SMILES string of the molecule is COc1ccc2[nH]c(=O)c([C@@H]3SCC(=O)Nc4c3c(=O)[nH]n4[C@@H]3CCOC(C)(C)C3)cc2c1. The first-order valence-corrected chi connectivity index (χ1v) is 11.9. The smallest absolute Gasteiger partial charge is 0.270 e. The molecule has 0 saturated carbocycles. The summed E-state index contributed by atoms with van der Waals surface area (Å²) in [6.45, 7) is 4.59. The molecule has 174 valence electrons. The number of benzene rings is 1. The lowest BCUT2D eigenvalue weighted by molar-refractivity contribution is -0.113. The Balaban J connectivity index is 1.65. The fourth-order valence-electron chi connectivity index (χ4n) is 4.71. The first-order chi connectivity index (χ1) is 15.8. The number of carbonyl (C=O) groups excluding carboxylic acids is 1. The van der Waals surface area contributed by atoms with E-state index < -0.39 is 5.25 Å². The van der Waals surface area contributed by atoms with Crippen molar-refractivity contribution in [3.63, 3.8) is 0 Å². The summed E-state index contributed by atoms with van der Waals surface area (Å²) in [5, 5.41) is 6.03. The molecule has 0 spiro atoms. The van der Waals surface area contributed by atoms with E-state index in [1.54, 1.807) is 30.0 Å². The zero-order valence-corrected chi connectivity index (χ0v) is 19.5. The molecule has 3 aromatic rings. The molecule has 9 nitrogen and oxygen atoms in total. The average molecular weight is 471 g/mol. The maximum Gasteiger partial charge on any atom is 0.270 e. The van der Waals surface area contributed by atoms with Gasteiger partial charge in [0, 0.05) is 23.1 Å². The molecule has 10 heteroatoms. The maximum absolute atomic E-state index is 13.2. The molecule has 1 aromatic carbocycles. The van der Waals surface area contributed by atoms with Crippen LogP contribution in [0, 0.1) is 0 Å². The maximum atomic E-state index is 13.2. The number of anilines is 1. The number of nitrogens with one attached hydrogen (secondary N) is 3. The Morgan fingerprint density at radius 3 is 2.76 bits per heavy atom. The van der Waals surface area contributed by atoms with Gasteiger partial charge in [0.25, 0.3) is 11.1 Å². The van der Waals surface area contributed by atoms with Crippen molar-refractivity contribution in [3.05, 3.63) is 56.1 Å². The predicted octanol–water partition coefficient (Wildman–Crippen LogP) is 2.93. The molecule has 2 aliphatic heterocycles. The lowest BCUT2D eigenvalue weighted by Gasteiger charge is -2.36. The van der Waals surface area contributed by atoms with Crippen molar-refractivity contribution in [2.24, 2.45) is 0 Å². The number of nitrogens with zero attached hydrogens (tertiary/aromatic N) is 1. The highest BCUT2D eigenvalue weighted by molar-refractivity contribution is 8.00. The first kappa shape index (κ1) is 21.8. The van der Waals surface area contributed by atoms with E-state index in [9.17, 15) is 14.4 Å². The van der Waals surface area contributed by atoms with Gasteiger partial charge >= 0.3 is 0 Å². The van der Waals surface area contributed by atoms with Crippen LogP contribution in [0.25, 0.3) is 10.9 Å². The van der Waals surface area contributed by atoms with Gasteiger partial charge in [0.15, 0.2) is 0 Å². The minimum absolute atomic E-state index is 0.0339. The second-order valence-electron chi connectivity index (χ2n) is 9.07. The Kier molecular flexibility index (Phi) is 5.37. The molecular weight excluding hydrogens is 444 g/mol. The largest absolute Gasteiger partial charge is 0.497 e. The van der Waals surface area contributed by atoms with Crippen molar-refractivity contribution in [1.82, 2.24) is 14.8 Å². The van der Waals surface area contributed by atoms with Gasteiger partial charge in [0.1, 0.15) is 11.6 Å². The van der Waals surface area contributed by atoms with Gasteiger partial charge in [-0.1, -0.05) is 0 Å². The van der Waals surface area contributed by atoms with Crippen LogP contribution < -0.4 is 21.2 Å². The van der Waals surface area contributed by atoms with Gasteiger partial charge < -0.3 is 19.8 Å². The molecule has 0 bridgehead atoms. The number of carbonyl (C=O) groups is 1. The molecule has 4 heterocycles. The molecule has 0 aliphatic carbocycles. The summed E-state index contributed by atoms with van der Waals surface area (Å²) in [6, 6.07) is 7.14. The number of H-pyrrole nitrogens is 2. The van der Waals surface area contributed by atoms with Gasteiger partial charge in [-0.15, -0.1) is 11.8 Å². The molecule has 2 aliphatic rings. The Bertz CT molecular complexity index is 1360. The number of rotatable bonds is 3. The van der Waals surface area contributed by atoms with Crippen LogP contribution in [-0.4, -0.2) is 45.7 Å². The van der Waals surface area contributed by atoms with Gasteiger partial charge in [0.2, 0.25) is 5.91 Å². The minimum atomic E-state index is -0.601. The van der Waals surface area contributed by atoms with Crippen molar-refractivity contribution in [2.45, 2.75) is 43.6 Å².